The molecule has 0 N–H and O–H groups in total. The molecule has 1 fully saturated rings. The first-order valence-electron chi connectivity index (χ1n) is 11.2. The van der Waals surface area contributed by atoms with E-state index in [4.69, 9.17) is 4.74 Å². The van der Waals surface area contributed by atoms with Crippen molar-refractivity contribution in [3.05, 3.63) is 29.6 Å². The molecule has 4 heterocycles. The van der Waals surface area contributed by atoms with Crippen LogP contribution in [0.25, 0.3) is 5.57 Å². The molecule has 188 valence electrons. The lowest BCUT2D eigenvalue weighted by atomic mass is 9.89. The number of likely N-dealkylation sites (tertiary alicyclic amines) is 1. The lowest BCUT2D eigenvalue weighted by Crippen LogP contribution is -2.44. The molecule has 12 heteroatoms. The monoisotopic (exact) mass is 503 g/mol. The quantitative estimate of drug-likeness (QED) is 0.627. The fourth-order valence-electron chi connectivity index (χ4n) is 4.54. The molecule has 0 saturated carbocycles. The number of amides is 1. The summed E-state index contributed by atoms with van der Waals surface area (Å²) in [5.74, 6) is 0.876. The largest absolute Gasteiger partial charge is 0.488 e. The van der Waals surface area contributed by atoms with E-state index in [9.17, 15) is 26.4 Å². The van der Waals surface area contributed by atoms with Gasteiger partial charge in [-0.2, -0.15) is 17.5 Å². The summed E-state index contributed by atoms with van der Waals surface area (Å²) in [6.45, 7) is 2.21. The van der Waals surface area contributed by atoms with Gasteiger partial charge < -0.3 is 14.4 Å². The van der Waals surface area contributed by atoms with Gasteiger partial charge in [0, 0.05) is 38.2 Å². The van der Waals surface area contributed by atoms with Gasteiger partial charge in [0.05, 0.1) is 18.1 Å². The van der Waals surface area contributed by atoms with Gasteiger partial charge in [-0.3, -0.25) is 4.98 Å². The molecule has 1 aromatic rings. The zero-order chi connectivity index (χ0) is 24.7. The second-order valence-corrected chi connectivity index (χ2v) is 11.0. The van der Waals surface area contributed by atoms with Gasteiger partial charge in [0.15, 0.2) is 6.10 Å². The van der Waals surface area contributed by atoms with Gasteiger partial charge in [-0.05, 0) is 43.7 Å². The van der Waals surface area contributed by atoms with Crippen LogP contribution < -0.4 is 4.74 Å². The summed E-state index contributed by atoms with van der Waals surface area (Å²) in [4.78, 5) is 17.9. The van der Waals surface area contributed by atoms with Crippen LogP contribution in [0.15, 0.2) is 18.3 Å². The number of rotatable bonds is 4. The Bertz CT molecular complexity index is 1070. The van der Waals surface area contributed by atoms with Gasteiger partial charge in [0.2, 0.25) is 10.0 Å². The van der Waals surface area contributed by atoms with Crippen molar-refractivity contribution in [1.82, 2.24) is 14.2 Å². The van der Waals surface area contributed by atoms with Crippen molar-refractivity contribution in [1.29, 1.82) is 0 Å². The van der Waals surface area contributed by atoms with Crippen LogP contribution in [0, 0.1) is 5.92 Å². The van der Waals surface area contributed by atoms with Crippen molar-refractivity contribution in [2.75, 3.05) is 32.4 Å². The number of carbonyl (C=O) groups is 1. The molecule has 1 amide bonds. The van der Waals surface area contributed by atoms with Crippen molar-refractivity contribution in [3.63, 3.8) is 0 Å². The lowest BCUT2D eigenvalue weighted by Gasteiger charge is -2.34. The number of hydrogen-bond donors (Lipinski definition) is 0. The van der Waals surface area contributed by atoms with Crippen LogP contribution in [-0.4, -0.2) is 79.5 Å². The third kappa shape index (κ3) is 5.48. The highest BCUT2D eigenvalue weighted by atomic mass is 32.2. The molecule has 1 aromatic heterocycles. The number of hydrogen-bond acceptors (Lipinski definition) is 6. The maximum Gasteiger partial charge on any atom is 0.425 e. The third-order valence-electron chi connectivity index (χ3n) is 6.68. The van der Waals surface area contributed by atoms with E-state index in [2.05, 4.69) is 9.72 Å². The molecule has 34 heavy (non-hydrogen) atoms. The first kappa shape index (κ1) is 24.8. The SMILES string of the molecule is C[C@@H](OC(=O)N1CCC([C@H]2Cc3cc(C4=CCN(S(C)(=O)=O)CC4)ncc3O2)CC1)C(F)(F)F. The Morgan fingerprint density at radius 3 is 2.56 bits per heavy atom. The maximum absolute atomic E-state index is 12.6. The Morgan fingerprint density at radius 2 is 1.97 bits per heavy atom. The smallest absolute Gasteiger partial charge is 0.425 e. The predicted molar refractivity (Wildman–Crippen MR) is 118 cm³/mol. The second-order valence-electron chi connectivity index (χ2n) is 9.03. The highest BCUT2D eigenvalue weighted by Crippen LogP contribution is 2.37. The standard InChI is InChI=1S/C22H28F3N3O5S/c1-14(22(23,24)25)32-21(29)27-7-3-16(4-8-27)19-12-17-11-18(26-13-20(17)33-19)15-5-9-28(10-6-15)34(2,30)31/h5,11,13-14,16,19H,3-4,6-10,12H2,1-2H3/t14-,19-/m1/s1. The average Bonchev–Trinajstić information content (AvgIpc) is 3.21. The molecule has 4 rings (SSSR count). The summed E-state index contributed by atoms with van der Waals surface area (Å²) < 4.78 is 73.4. The van der Waals surface area contributed by atoms with Crippen molar-refractivity contribution in [2.24, 2.45) is 5.92 Å². The molecule has 0 aliphatic carbocycles. The van der Waals surface area contributed by atoms with E-state index >= 15 is 0 Å². The molecular weight excluding hydrogens is 475 g/mol. The molecule has 2 atom stereocenters. The number of carbonyl (C=O) groups excluding carboxylic acids is 1. The summed E-state index contributed by atoms with van der Waals surface area (Å²) in [5.41, 5.74) is 2.85. The van der Waals surface area contributed by atoms with E-state index in [1.165, 1.54) is 15.5 Å². The fourth-order valence-corrected chi connectivity index (χ4v) is 5.31. The summed E-state index contributed by atoms with van der Waals surface area (Å²) in [5, 5.41) is 0. The molecule has 0 radical (unpaired) electrons. The molecular formula is C22H28F3N3O5S. The molecule has 8 nitrogen and oxygen atoms in total. The van der Waals surface area contributed by atoms with E-state index in [1.807, 2.05) is 12.1 Å². The van der Waals surface area contributed by atoms with Gasteiger partial charge >= 0.3 is 12.3 Å². The predicted octanol–water partition coefficient (Wildman–Crippen LogP) is 3.23. The van der Waals surface area contributed by atoms with Crippen molar-refractivity contribution < 1.29 is 35.9 Å². The number of sulfonamides is 1. The Balaban J connectivity index is 1.32. The Hall–Kier alpha value is -2.34. The first-order valence-corrected chi connectivity index (χ1v) is 13.1. The summed E-state index contributed by atoms with van der Waals surface area (Å²) >= 11 is 0. The van der Waals surface area contributed by atoms with Gasteiger partial charge in [0.25, 0.3) is 0 Å². The number of nitrogens with zero attached hydrogens (tertiary/aromatic N) is 3. The minimum Gasteiger partial charge on any atom is -0.488 e. The lowest BCUT2D eigenvalue weighted by molar-refractivity contribution is -0.200. The highest BCUT2D eigenvalue weighted by molar-refractivity contribution is 7.88. The number of piperidine rings is 1. The van der Waals surface area contributed by atoms with Crippen LogP contribution in [0.1, 0.15) is 37.4 Å². The first-order chi connectivity index (χ1) is 15.9. The van der Waals surface area contributed by atoms with Crippen molar-refractivity contribution in [3.8, 4) is 5.75 Å². The van der Waals surface area contributed by atoms with Gasteiger partial charge in [-0.25, -0.2) is 13.2 Å². The van der Waals surface area contributed by atoms with Crippen molar-refractivity contribution >= 4 is 21.7 Å². The normalized spacial score (nSPS) is 23.1. The van der Waals surface area contributed by atoms with E-state index < -0.39 is 28.4 Å². The van der Waals surface area contributed by atoms with E-state index in [0.29, 0.717) is 57.6 Å². The summed E-state index contributed by atoms with van der Waals surface area (Å²) in [7, 11) is -3.22. The zero-order valence-corrected chi connectivity index (χ0v) is 19.9. The summed E-state index contributed by atoms with van der Waals surface area (Å²) in [6.07, 6.45) is -0.455. The molecule has 3 aliphatic rings. The van der Waals surface area contributed by atoms with Crippen LogP contribution >= 0.6 is 0 Å². The van der Waals surface area contributed by atoms with Gasteiger partial charge in [0.1, 0.15) is 11.9 Å². The number of halogens is 3. The number of alkyl halides is 3. The Labute approximate surface area is 196 Å². The minimum absolute atomic E-state index is 0.0830. The van der Waals surface area contributed by atoms with Crippen LogP contribution in [0.5, 0.6) is 5.75 Å². The Morgan fingerprint density at radius 1 is 1.26 bits per heavy atom. The highest BCUT2D eigenvalue weighted by Gasteiger charge is 2.41. The van der Waals surface area contributed by atoms with Crippen molar-refractivity contribution in [2.45, 2.75) is 51.0 Å². The van der Waals surface area contributed by atoms with Crippen LogP contribution in [0.2, 0.25) is 0 Å². The number of pyridine rings is 1. The van der Waals surface area contributed by atoms with E-state index in [1.54, 1.807) is 6.20 Å². The molecule has 3 aliphatic heterocycles. The zero-order valence-electron chi connectivity index (χ0n) is 19.0. The van der Waals surface area contributed by atoms with Gasteiger partial charge in [-0.15, -0.1) is 0 Å². The molecule has 0 spiro atoms. The maximum atomic E-state index is 12.6. The molecule has 0 unspecified atom stereocenters. The Kier molecular flexibility index (Phi) is 6.83. The third-order valence-corrected chi connectivity index (χ3v) is 7.95. The van der Waals surface area contributed by atoms with Crippen LogP contribution in [-0.2, 0) is 21.2 Å². The molecule has 0 bridgehead atoms. The van der Waals surface area contributed by atoms with Crippen LogP contribution in [0.3, 0.4) is 0 Å². The number of aromatic nitrogens is 1. The molecule has 1 saturated heterocycles. The number of ether oxygens (including phenoxy) is 2. The summed E-state index contributed by atoms with van der Waals surface area (Å²) in [6, 6.07) is 1.99. The molecule has 0 aromatic carbocycles. The fraction of sp³-hybridized carbons (Fsp3) is 0.636. The topological polar surface area (TPSA) is 89.0 Å². The minimum atomic E-state index is -4.58. The number of fused-ring (bicyclic) bond motifs is 1. The van der Waals surface area contributed by atoms with Crippen LogP contribution in [0.4, 0.5) is 18.0 Å². The van der Waals surface area contributed by atoms with E-state index in [-0.39, 0.29) is 12.0 Å². The van der Waals surface area contributed by atoms with E-state index in [0.717, 1.165) is 23.8 Å². The second kappa shape index (κ2) is 9.37. The van der Waals surface area contributed by atoms with Gasteiger partial charge in [-0.1, -0.05) is 6.08 Å². The average molecular weight is 504 g/mol.